The lowest BCUT2D eigenvalue weighted by Gasteiger charge is -2.33. The maximum absolute atomic E-state index is 12.0. The van der Waals surface area contributed by atoms with Crippen LogP contribution in [0.25, 0.3) is 0 Å². The minimum absolute atomic E-state index is 0.127. The molecule has 0 aromatic carbocycles. The maximum atomic E-state index is 12.0. The van der Waals surface area contributed by atoms with Gasteiger partial charge in [0, 0.05) is 51.4 Å². The molecule has 23 heavy (non-hydrogen) atoms. The van der Waals surface area contributed by atoms with Gasteiger partial charge in [-0.15, -0.1) is 0 Å². The molecule has 0 radical (unpaired) electrons. The summed E-state index contributed by atoms with van der Waals surface area (Å²) in [5.74, 6) is 1.14. The molecule has 3 heterocycles. The average Bonchev–Trinajstić information content (AvgIpc) is 3.07. The Labute approximate surface area is 138 Å². The number of amides is 1. The Kier molecular flexibility index (Phi) is 5.46. The third-order valence-electron chi connectivity index (χ3n) is 4.72. The van der Waals surface area contributed by atoms with Crippen molar-refractivity contribution in [2.24, 2.45) is 0 Å². The van der Waals surface area contributed by atoms with E-state index in [9.17, 15) is 4.79 Å². The second-order valence-electron chi connectivity index (χ2n) is 6.59. The van der Waals surface area contributed by atoms with Crippen molar-refractivity contribution >= 4 is 11.7 Å². The first-order chi connectivity index (χ1) is 11.2. The molecular weight excluding hydrogens is 290 g/mol. The fourth-order valence-electron chi connectivity index (χ4n) is 3.21. The van der Waals surface area contributed by atoms with E-state index >= 15 is 0 Å². The van der Waals surface area contributed by atoms with E-state index in [0.29, 0.717) is 19.0 Å². The van der Waals surface area contributed by atoms with E-state index < -0.39 is 0 Å². The number of hydrogen-bond acceptors (Lipinski definition) is 5. The lowest BCUT2D eigenvalue weighted by Crippen LogP contribution is -2.44. The third kappa shape index (κ3) is 4.65. The minimum atomic E-state index is 0.127. The van der Waals surface area contributed by atoms with Crippen LogP contribution in [-0.2, 0) is 11.3 Å². The van der Waals surface area contributed by atoms with E-state index in [1.54, 1.807) is 0 Å². The topological polar surface area (TPSA) is 60.5 Å². The van der Waals surface area contributed by atoms with Crippen LogP contribution in [0.4, 0.5) is 5.82 Å². The fraction of sp³-hybridized carbons (Fsp3) is 0.647. The van der Waals surface area contributed by atoms with Gasteiger partial charge in [-0.05, 0) is 44.1 Å². The highest BCUT2D eigenvalue weighted by Gasteiger charge is 2.18. The number of piperazine rings is 1. The highest BCUT2D eigenvalue weighted by atomic mass is 16.1. The number of nitrogens with one attached hydrogen (secondary N) is 2. The predicted octanol–water partition coefficient (Wildman–Crippen LogP) is 0.592. The molecule has 0 bridgehead atoms. The molecule has 6 heteroatoms. The third-order valence-corrected chi connectivity index (χ3v) is 4.72. The lowest BCUT2D eigenvalue weighted by molar-refractivity contribution is -0.121. The first-order valence-corrected chi connectivity index (χ1v) is 8.59. The van der Waals surface area contributed by atoms with Gasteiger partial charge in [0.25, 0.3) is 0 Å². The molecule has 0 saturated carbocycles. The molecule has 126 valence electrons. The summed E-state index contributed by atoms with van der Waals surface area (Å²) in [4.78, 5) is 21.1. The van der Waals surface area contributed by atoms with Crippen LogP contribution in [0, 0.1) is 0 Å². The van der Waals surface area contributed by atoms with Crippen LogP contribution in [0.2, 0.25) is 0 Å². The fourth-order valence-corrected chi connectivity index (χ4v) is 3.21. The van der Waals surface area contributed by atoms with Crippen molar-refractivity contribution in [3.8, 4) is 0 Å². The number of carbonyl (C=O) groups is 1. The number of pyridine rings is 1. The van der Waals surface area contributed by atoms with Gasteiger partial charge in [0.2, 0.25) is 5.91 Å². The zero-order valence-corrected chi connectivity index (χ0v) is 13.9. The van der Waals surface area contributed by atoms with Crippen molar-refractivity contribution in [2.75, 3.05) is 44.7 Å². The number of aromatic nitrogens is 1. The summed E-state index contributed by atoms with van der Waals surface area (Å²) in [7, 11) is 2.15. The second-order valence-corrected chi connectivity index (χ2v) is 6.59. The average molecular weight is 317 g/mol. The van der Waals surface area contributed by atoms with Gasteiger partial charge in [0.1, 0.15) is 5.82 Å². The summed E-state index contributed by atoms with van der Waals surface area (Å²) >= 11 is 0. The van der Waals surface area contributed by atoms with Crippen LogP contribution in [0.1, 0.15) is 24.8 Å². The molecule has 0 spiro atoms. The summed E-state index contributed by atoms with van der Waals surface area (Å²) < 4.78 is 0. The molecule has 1 atom stereocenters. The SMILES string of the molecule is CN1CCN(c2cc(CNC(=O)CC3CCCN3)ccn2)CC1. The van der Waals surface area contributed by atoms with Gasteiger partial charge in [-0.1, -0.05) is 0 Å². The maximum Gasteiger partial charge on any atom is 0.221 e. The van der Waals surface area contributed by atoms with Crippen molar-refractivity contribution in [2.45, 2.75) is 31.8 Å². The Hall–Kier alpha value is -1.66. The molecule has 1 aromatic heterocycles. The quantitative estimate of drug-likeness (QED) is 0.832. The van der Waals surface area contributed by atoms with E-state index in [4.69, 9.17) is 0 Å². The molecule has 2 saturated heterocycles. The summed E-state index contributed by atoms with van der Waals surface area (Å²) in [5.41, 5.74) is 1.11. The van der Waals surface area contributed by atoms with Crippen LogP contribution >= 0.6 is 0 Å². The van der Waals surface area contributed by atoms with Crippen molar-refractivity contribution in [1.82, 2.24) is 20.5 Å². The summed E-state index contributed by atoms with van der Waals surface area (Å²) in [6, 6.07) is 4.43. The number of nitrogens with zero attached hydrogens (tertiary/aromatic N) is 3. The van der Waals surface area contributed by atoms with Crippen LogP contribution in [0.5, 0.6) is 0 Å². The van der Waals surface area contributed by atoms with Crippen molar-refractivity contribution < 1.29 is 4.79 Å². The molecular formula is C17H27N5O. The van der Waals surface area contributed by atoms with Crippen molar-refractivity contribution in [3.63, 3.8) is 0 Å². The van der Waals surface area contributed by atoms with Gasteiger partial charge in [-0.2, -0.15) is 0 Å². The summed E-state index contributed by atoms with van der Waals surface area (Å²) in [5, 5.41) is 6.39. The molecule has 0 aliphatic carbocycles. The van der Waals surface area contributed by atoms with Gasteiger partial charge in [-0.25, -0.2) is 4.98 Å². The van der Waals surface area contributed by atoms with Gasteiger partial charge < -0.3 is 20.4 Å². The van der Waals surface area contributed by atoms with Crippen molar-refractivity contribution in [1.29, 1.82) is 0 Å². The smallest absolute Gasteiger partial charge is 0.221 e. The van der Waals surface area contributed by atoms with E-state index in [2.05, 4.69) is 38.5 Å². The molecule has 1 amide bonds. The van der Waals surface area contributed by atoms with E-state index in [0.717, 1.165) is 50.5 Å². The molecule has 2 aliphatic rings. The molecule has 2 fully saturated rings. The van der Waals surface area contributed by atoms with Gasteiger partial charge in [0.15, 0.2) is 0 Å². The summed E-state index contributed by atoms with van der Waals surface area (Å²) in [6.45, 7) is 5.76. The molecule has 1 unspecified atom stereocenters. The number of likely N-dealkylation sites (N-methyl/N-ethyl adjacent to an activating group) is 1. The van der Waals surface area contributed by atoms with Crippen LogP contribution in [-0.4, -0.2) is 61.6 Å². The molecule has 3 rings (SSSR count). The van der Waals surface area contributed by atoms with Crippen LogP contribution < -0.4 is 15.5 Å². The first-order valence-electron chi connectivity index (χ1n) is 8.59. The zero-order chi connectivity index (χ0) is 16.1. The molecule has 2 aliphatic heterocycles. The minimum Gasteiger partial charge on any atom is -0.354 e. The Morgan fingerprint density at radius 1 is 1.39 bits per heavy atom. The van der Waals surface area contributed by atoms with Crippen LogP contribution in [0.3, 0.4) is 0 Å². The Morgan fingerprint density at radius 2 is 2.22 bits per heavy atom. The van der Waals surface area contributed by atoms with Crippen molar-refractivity contribution in [3.05, 3.63) is 23.9 Å². The normalized spacial score (nSPS) is 22.3. The van der Waals surface area contributed by atoms with Gasteiger partial charge in [0.05, 0.1) is 0 Å². The molecule has 6 nitrogen and oxygen atoms in total. The van der Waals surface area contributed by atoms with E-state index in [-0.39, 0.29) is 5.91 Å². The number of anilines is 1. The Morgan fingerprint density at radius 3 is 2.96 bits per heavy atom. The molecule has 1 aromatic rings. The number of carbonyl (C=O) groups excluding carboxylic acids is 1. The highest BCUT2D eigenvalue weighted by molar-refractivity contribution is 5.76. The van der Waals surface area contributed by atoms with E-state index in [1.165, 1.54) is 6.42 Å². The summed E-state index contributed by atoms with van der Waals surface area (Å²) in [6.07, 6.45) is 4.71. The predicted molar refractivity (Wildman–Crippen MR) is 91.4 cm³/mol. The van der Waals surface area contributed by atoms with E-state index in [1.807, 2.05) is 12.3 Å². The number of hydrogen-bond donors (Lipinski definition) is 2. The number of rotatable bonds is 5. The second kappa shape index (κ2) is 7.75. The molecule has 2 N–H and O–H groups in total. The van der Waals surface area contributed by atoms with Gasteiger partial charge >= 0.3 is 0 Å². The standard InChI is InChI=1S/C17H27N5O/c1-21-7-9-22(10-8-21)16-11-14(4-6-19-16)13-20-17(23)12-15-3-2-5-18-15/h4,6,11,15,18H,2-3,5,7-10,12-13H2,1H3,(H,20,23). The Bertz CT molecular complexity index is 521. The lowest BCUT2D eigenvalue weighted by atomic mass is 10.1. The largest absolute Gasteiger partial charge is 0.354 e. The first kappa shape index (κ1) is 16.2. The highest BCUT2D eigenvalue weighted by Crippen LogP contribution is 2.15. The van der Waals surface area contributed by atoms with Crippen LogP contribution in [0.15, 0.2) is 18.3 Å². The zero-order valence-electron chi connectivity index (χ0n) is 13.9. The monoisotopic (exact) mass is 317 g/mol. The Balaban J connectivity index is 1.50. The van der Waals surface area contributed by atoms with Gasteiger partial charge in [-0.3, -0.25) is 4.79 Å².